The molecule has 194 valence electrons. The monoisotopic (exact) mass is 530 g/mol. The predicted octanol–water partition coefficient (Wildman–Crippen LogP) is 5.37. The molecular weight excluding hydrogens is 505 g/mol. The van der Waals surface area contributed by atoms with E-state index in [0.29, 0.717) is 16.5 Å². The van der Waals surface area contributed by atoms with Gasteiger partial charge in [-0.05, 0) is 74.8 Å². The first-order valence-corrected chi connectivity index (χ1v) is 12.6. The molecule has 3 N–H and O–H groups in total. The summed E-state index contributed by atoms with van der Waals surface area (Å²) in [7, 11) is 0. The van der Waals surface area contributed by atoms with Gasteiger partial charge < -0.3 is 10.4 Å². The van der Waals surface area contributed by atoms with Gasteiger partial charge in [-0.1, -0.05) is 11.3 Å². The molecule has 5 rings (SSSR count). The average molecular weight is 531 g/mol. The summed E-state index contributed by atoms with van der Waals surface area (Å²) in [5.41, 5.74) is 0.166. The van der Waals surface area contributed by atoms with Crippen LogP contribution < -0.4 is 5.32 Å². The van der Waals surface area contributed by atoms with Crippen LogP contribution >= 0.6 is 11.3 Å². The third kappa shape index (κ3) is 5.47. The molecule has 4 aromatic rings. The molecular formula is C24H25F3N8OS. The van der Waals surface area contributed by atoms with E-state index >= 15 is 0 Å². The van der Waals surface area contributed by atoms with Gasteiger partial charge in [-0.3, -0.25) is 0 Å². The van der Waals surface area contributed by atoms with Gasteiger partial charge in [0.25, 0.3) is 0 Å². The van der Waals surface area contributed by atoms with Crippen molar-refractivity contribution in [3.8, 4) is 10.4 Å². The molecule has 1 aliphatic rings. The van der Waals surface area contributed by atoms with Crippen molar-refractivity contribution >= 4 is 23.0 Å². The van der Waals surface area contributed by atoms with E-state index in [0.717, 1.165) is 54.0 Å². The quantitative estimate of drug-likeness (QED) is 0.304. The second-order valence-corrected chi connectivity index (χ2v) is 10.5. The zero-order valence-corrected chi connectivity index (χ0v) is 20.9. The number of tetrazole rings is 1. The zero-order valence-electron chi connectivity index (χ0n) is 20.1. The Morgan fingerprint density at radius 2 is 1.89 bits per heavy atom. The van der Waals surface area contributed by atoms with E-state index in [1.165, 1.54) is 11.3 Å². The van der Waals surface area contributed by atoms with E-state index in [4.69, 9.17) is 0 Å². The maximum atomic E-state index is 13.0. The first-order chi connectivity index (χ1) is 17.6. The third-order valence-corrected chi connectivity index (χ3v) is 8.02. The second-order valence-electron chi connectivity index (χ2n) is 9.47. The number of hydrogen-bond acceptors (Lipinski definition) is 9. The van der Waals surface area contributed by atoms with Gasteiger partial charge in [-0.25, -0.2) is 15.0 Å². The van der Waals surface area contributed by atoms with E-state index in [9.17, 15) is 18.3 Å². The number of halogens is 3. The van der Waals surface area contributed by atoms with Gasteiger partial charge in [0, 0.05) is 24.0 Å². The van der Waals surface area contributed by atoms with Crippen molar-refractivity contribution in [3.05, 3.63) is 58.7 Å². The lowest BCUT2D eigenvalue weighted by atomic mass is 9.74. The zero-order chi connectivity index (χ0) is 26.2. The molecule has 0 unspecified atom stereocenters. The number of benzene rings is 1. The molecule has 1 atom stereocenters. The fourth-order valence-electron chi connectivity index (χ4n) is 4.78. The van der Waals surface area contributed by atoms with Crippen LogP contribution in [0.4, 0.5) is 24.8 Å². The highest BCUT2D eigenvalue weighted by Crippen LogP contribution is 2.45. The molecule has 37 heavy (non-hydrogen) atoms. The van der Waals surface area contributed by atoms with Crippen molar-refractivity contribution in [1.29, 1.82) is 0 Å². The molecule has 0 aliphatic heterocycles. The molecule has 0 saturated heterocycles. The number of alkyl halides is 3. The van der Waals surface area contributed by atoms with Crippen LogP contribution in [0.5, 0.6) is 0 Å². The summed E-state index contributed by atoms with van der Waals surface area (Å²) < 4.78 is 39.1. The Morgan fingerprint density at radius 3 is 2.59 bits per heavy atom. The lowest BCUT2D eigenvalue weighted by molar-refractivity contribution is -0.141. The highest BCUT2D eigenvalue weighted by molar-refractivity contribution is 7.15. The van der Waals surface area contributed by atoms with Gasteiger partial charge in [0.05, 0.1) is 4.88 Å². The Labute approximate surface area is 214 Å². The molecule has 1 saturated carbocycles. The van der Waals surface area contributed by atoms with E-state index in [1.54, 1.807) is 18.3 Å². The van der Waals surface area contributed by atoms with Crippen molar-refractivity contribution in [3.63, 3.8) is 0 Å². The number of rotatable bonds is 6. The van der Waals surface area contributed by atoms with Crippen molar-refractivity contribution < 1.29 is 18.3 Å². The number of anilines is 2. The average Bonchev–Trinajstić information content (AvgIpc) is 3.57. The second kappa shape index (κ2) is 9.78. The number of aromatic nitrogens is 7. The van der Waals surface area contributed by atoms with Gasteiger partial charge in [0.15, 0.2) is 5.82 Å². The summed E-state index contributed by atoms with van der Waals surface area (Å²) in [6.45, 7) is 3.70. The van der Waals surface area contributed by atoms with Gasteiger partial charge in [0.2, 0.25) is 5.95 Å². The minimum Gasteiger partial charge on any atom is -0.383 e. The highest BCUT2D eigenvalue weighted by Gasteiger charge is 2.39. The van der Waals surface area contributed by atoms with Crippen LogP contribution in [0, 0.1) is 12.8 Å². The number of aromatic amines is 1. The molecule has 9 nitrogen and oxygen atoms in total. The minimum atomic E-state index is -4.56. The minimum absolute atomic E-state index is 0.0439. The number of thiazole rings is 1. The van der Waals surface area contributed by atoms with Gasteiger partial charge >= 0.3 is 6.18 Å². The Hall–Kier alpha value is -3.45. The maximum absolute atomic E-state index is 13.0. The number of aliphatic hydroxyl groups is 1. The highest BCUT2D eigenvalue weighted by atomic mass is 32.1. The summed E-state index contributed by atoms with van der Waals surface area (Å²) in [4.78, 5) is 12.9. The Bertz CT molecular complexity index is 1360. The van der Waals surface area contributed by atoms with Gasteiger partial charge in [-0.2, -0.15) is 18.4 Å². The van der Waals surface area contributed by atoms with Crippen molar-refractivity contribution in [2.75, 3.05) is 5.32 Å². The standard InChI is InChI=1S/C24H25F3N8OS/c1-13-9-15(11-17(10-13)30-22-28-8-7-19(31-22)24(25,26)27)18-12-29-21(37-18)23(2,36)16-5-3-14(4-6-16)20-32-34-35-33-20/h7-12,14,16,36H,3-6H2,1-2H3,(H,28,30,31)(H,32,33,34,35)/t14-,16-,23-/m0/s1. The SMILES string of the molecule is Cc1cc(Nc2nccc(C(F)(F)F)n2)cc(-c2cnc([C@@](C)(O)[C@H]3CC[C@H](c4nn[nH]n4)CC3)s2)c1. The molecule has 0 spiro atoms. The van der Waals surface area contributed by atoms with Crippen LogP contribution in [-0.2, 0) is 11.8 Å². The molecule has 13 heteroatoms. The fourth-order valence-corrected chi connectivity index (χ4v) is 5.80. The molecule has 0 radical (unpaired) electrons. The van der Waals surface area contributed by atoms with Crippen molar-refractivity contribution in [2.24, 2.45) is 5.92 Å². The van der Waals surface area contributed by atoms with E-state index in [1.807, 2.05) is 19.9 Å². The van der Waals surface area contributed by atoms with Crippen LogP contribution in [0.2, 0.25) is 0 Å². The first kappa shape index (κ1) is 25.2. The lowest BCUT2D eigenvalue weighted by Gasteiger charge is -2.36. The Balaban J connectivity index is 1.32. The number of nitrogens with one attached hydrogen (secondary N) is 2. The van der Waals surface area contributed by atoms with E-state index in [-0.39, 0.29) is 17.8 Å². The molecule has 1 aliphatic carbocycles. The third-order valence-electron chi connectivity index (χ3n) is 6.75. The molecule has 3 heterocycles. The summed E-state index contributed by atoms with van der Waals surface area (Å²) in [6, 6.07) is 6.39. The first-order valence-electron chi connectivity index (χ1n) is 11.8. The summed E-state index contributed by atoms with van der Waals surface area (Å²) >= 11 is 1.41. The molecule has 3 aromatic heterocycles. The molecule has 1 aromatic carbocycles. The summed E-state index contributed by atoms with van der Waals surface area (Å²) in [5, 5.41) is 29.3. The van der Waals surface area contributed by atoms with Crippen molar-refractivity contribution in [2.45, 2.75) is 57.2 Å². The number of H-pyrrole nitrogens is 1. The van der Waals surface area contributed by atoms with E-state index < -0.39 is 17.5 Å². The number of aryl methyl sites for hydroxylation is 1. The molecule has 1 fully saturated rings. The maximum Gasteiger partial charge on any atom is 0.433 e. The predicted molar refractivity (Wildman–Crippen MR) is 131 cm³/mol. The lowest BCUT2D eigenvalue weighted by Crippen LogP contribution is -2.34. The van der Waals surface area contributed by atoms with Crippen LogP contribution in [-0.4, -0.2) is 40.7 Å². The largest absolute Gasteiger partial charge is 0.433 e. The van der Waals surface area contributed by atoms with Crippen molar-refractivity contribution in [1.82, 2.24) is 35.6 Å². The summed E-state index contributed by atoms with van der Waals surface area (Å²) in [6.07, 6.45) is 1.60. The normalized spacial score (nSPS) is 19.9. The molecule has 0 bridgehead atoms. The van der Waals surface area contributed by atoms with E-state index in [2.05, 4.69) is 40.9 Å². The van der Waals surface area contributed by atoms with Crippen LogP contribution in [0.15, 0.2) is 36.7 Å². The van der Waals surface area contributed by atoms with Gasteiger partial charge in [0.1, 0.15) is 16.3 Å². The Morgan fingerprint density at radius 1 is 1.11 bits per heavy atom. The fraction of sp³-hybridized carbons (Fsp3) is 0.417. The topological polar surface area (TPSA) is 125 Å². The Kier molecular flexibility index (Phi) is 6.67. The van der Waals surface area contributed by atoms with Crippen LogP contribution in [0.1, 0.15) is 60.6 Å². The smallest absolute Gasteiger partial charge is 0.383 e. The van der Waals surface area contributed by atoms with Crippen LogP contribution in [0.25, 0.3) is 10.4 Å². The number of hydrogen-bond donors (Lipinski definition) is 3. The van der Waals surface area contributed by atoms with Gasteiger partial charge in [-0.15, -0.1) is 21.5 Å². The molecule has 0 amide bonds. The summed E-state index contributed by atoms with van der Waals surface area (Å²) in [5.74, 6) is 0.851. The number of nitrogens with zero attached hydrogens (tertiary/aromatic N) is 6. The van der Waals surface area contributed by atoms with Crippen LogP contribution in [0.3, 0.4) is 0 Å².